The molecule has 0 spiro atoms. The van der Waals surface area contributed by atoms with Crippen LogP contribution in [0.15, 0.2) is 66.9 Å². The van der Waals surface area contributed by atoms with Gasteiger partial charge in [-0.3, -0.25) is 4.98 Å². The summed E-state index contributed by atoms with van der Waals surface area (Å²) >= 11 is 0. The van der Waals surface area contributed by atoms with Crippen molar-refractivity contribution in [1.29, 1.82) is 0 Å². The second-order valence-corrected chi connectivity index (χ2v) is 6.99. The SMILES string of the molecule is O=C(O)N1CCC(Oc2ccc(-c3cccc(-c4ccccn4)c3F)cc2)CC1. The van der Waals surface area contributed by atoms with Gasteiger partial charge in [-0.15, -0.1) is 0 Å². The Hall–Kier alpha value is -3.41. The Kier molecular flexibility index (Phi) is 5.42. The van der Waals surface area contributed by atoms with Crippen LogP contribution in [0, 0.1) is 5.82 Å². The lowest BCUT2D eigenvalue weighted by atomic mass is 10.00. The molecular weight excluding hydrogens is 371 g/mol. The van der Waals surface area contributed by atoms with Gasteiger partial charge in [-0.1, -0.05) is 30.3 Å². The summed E-state index contributed by atoms with van der Waals surface area (Å²) in [7, 11) is 0. The molecule has 3 aromatic rings. The summed E-state index contributed by atoms with van der Waals surface area (Å²) in [6.07, 6.45) is 2.07. The van der Waals surface area contributed by atoms with E-state index in [0.717, 1.165) is 5.56 Å². The van der Waals surface area contributed by atoms with Crippen LogP contribution in [-0.4, -0.2) is 40.3 Å². The van der Waals surface area contributed by atoms with E-state index in [9.17, 15) is 4.79 Å². The largest absolute Gasteiger partial charge is 0.490 e. The zero-order valence-electron chi connectivity index (χ0n) is 15.8. The molecular formula is C23H21FN2O3. The number of ether oxygens (including phenoxy) is 1. The van der Waals surface area contributed by atoms with Crippen LogP contribution in [0.25, 0.3) is 22.4 Å². The minimum Gasteiger partial charge on any atom is -0.490 e. The maximum Gasteiger partial charge on any atom is 0.407 e. The molecule has 6 heteroatoms. The zero-order chi connectivity index (χ0) is 20.2. The van der Waals surface area contributed by atoms with Crippen LogP contribution in [0.5, 0.6) is 5.75 Å². The number of pyridine rings is 1. The van der Waals surface area contributed by atoms with E-state index >= 15 is 4.39 Å². The van der Waals surface area contributed by atoms with Crippen molar-refractivity contribution in [2.24, 2.45) is 0 Å². The highest BCUT2D eigenvalue weighted by Crippen LogP contribution is 2.31. The molecule has 1 amide bonds. The van der Waals surface area contributed by atoms with Crippen LogP contribution in [-0.2, 0) is 0 Å². The van der Waals surface area contributed by atoms with Crippen molar-refractivity contribution in [3.05, 3.63) is 72.7 Å². The lowest BCUT2D eigenvalue weighted by Gasteiger charge is -2.30. The van der Waals surface area contributed by atoms with Crippen LogP contribution in [0.3, 0.4) is 0 Å². The topological polar surface area (TPSA) is 62.7 Å². The fourth-order valence-electron chi connectivity index (χ4n) is 3.55. The van der Waals surface area contributed by atoms with Crippen LogP contribution in [0.2, 0.25) is 0 Å². The van der Waals surface area contributed by atoms with Gasteiger partial charge in [0.05, 0.1) is 5.69 Å². The first kappa shape index (κ1) is 18.9. The number of hydrogen-bond donors (Lipinski definition) is 1. The first-order valence-electron chi connectivity index (χ1n) is 9.56. The van der Waals surface area contributed by atoms with Crippen molar-refractivity contribution in [3.8, 4) is 28.1 Å². The number of amides is 1. The van der Waals surface area contributed by atoms with Crippen molar-refractivity contribution >= 4 is 6.09 Å². The first-order valence-corrected chi connectivity index (χ1v) is 9.56. The van der Waals surface area contributed by atoms with Gasteiger partial charge in [0.1, 0.15) is 17.7 Å². The summed E-state index contributed by atoms with van der Waals surface area (Å²) in [6, 6.07) is 18.0. The van der Waals surface area contributed by atoms with E-state index in [1.165, 1.54) is 4.90 Å². The van der Waals surface area contributed by atoms with Gasteiger partial charge >= 0.3 is 6.09 Å². The van der Waals surface area contributed by atoms with Crippen molar-refractivity contribution in [2.45, 2.75) is 18.9 Å². The Labute approximate surface area is 168 Å². The first-order chi connectivity index (χ1) is 14.1. The number of hydrogen-bond acceptors (Lipinski definition) is 3. The molecule has 1 aromatic heterocycles. The van der Waals surface area contributed by atoms with Gasteiger partial charge in [0.15, 0.2) is 0 Å². The van der Waals surface area contributed by atoms with E-state index in [2.05, 4.69) is 4.98 Å². The van der Waals surface area contributed by atoms with Gasteiger partial charge in [-0.25, -0.2) is 9.18 Å². The van der Waals surface area contributed by atoms with E-state index < -0.39 is 6.09 Å². The number of halogens is 1. The summed E-state index contributed by atoms with van der Waals surface area (Å²) in [4.78, 5) is 16.6. The quantitative estimate of drug-likeness (QED) is 0.673. The van der Waals surface area contributed by atoms with Gasteiger partial charge < -0.3 is 14.7 Å². The Balaban J connectivity index is 1.48. The Morgan fingerprint density at radius 1 is 1.00 bits per heavy atom. The molecule has 0 unspecified atom stereocenters. The monoisotopic (exact) mass is 392 g/mol. The van der Waals surface area contributed by atoms with Crippen molar-refractivity contribution in [3.63, 3.8) is 0 Å². The van der Waals surface area contributed by atoms with Crippen LogP contribution < -0.4 is 4.74 Å². The molecule has 4 rings (SSSR count). The highest BCUT2D eigenvalue weighted by Gasteiger charge is 2.23. The molecule has 0 radical (unpaired) electrons. The Morgan fingerprint density at radius 3 is 2.38 bits per heavy atom. The smallest absolute Gasteiger partial charge is 0.407 e. The summed E-state index contributed by atoms with van der Waals surface area (Å²) < 4.78 is 21.1. The van der Waals surface area contributed by atoms with Gasteiger partial charge in [0, 0.05) is 43.3 Å². The van der Waals surface area contributed by atoms with E-state index in [0.29, 0.717) is 48.5 Å². The van der Waals surface area contributed by atoms with Crippen molar-refractivity contribution < 1.29 is 19.0 Å². The number of nitrogens with zero attached hydrogens (tertiary/aromatic N) is 2. The fraction of sp³-hybridized carbons (Fsp3) is 0.217. The van der Waals surface area contributed by atoms with E-state index in [1.54, 1.807) is 30.5 Å². The normalized spacial score (nSPS) is 14.6. The van der Waals surface area contributed by atoms with Gasteiger partial charge in [-0.05, 0) is 35.9 Å². The van der Waals surface area contributed by atoms with Crippen molar-refractivity contribution in [1.82, 2.24) is 9.88 Å². The second-order valence-electron chi connectivity index (χ2n) is 6.99. The van der Waals surface area contributed by atoms with Gasteiger partial charge in [0.25, 0.3) is 0 Å². The third-order valence-electron chi connectivity index (χ3n) is 5.12. The molecule has 148 valence electrons. The fourth-order valence-corrected chi connectivity index (χ4v) is 3.55. The predicted octanol–water partition coefficient (Wildman–Crippen LogP) is 5.08. The van der Waals surface area contributed by atoms with Crippen LogP contribution in [0.4, 0.5) is 9.18 Å². The molecule has 2 heterocycles. The number of rotatable bonds is 4. The molecule has 0 saturated carbocycles. The molecule has 0 bridgehead atoms. The molecule has 0 aliphatic carbocycles. The van der Waals surface area contributed by atoms with E-state index in [4.69, 9.17) is 9.84 Å². The maximum atomic E-state index is 15.1. The summed E-state index contributed by atoms with van der Waals surface area (Å²) in [6.45, 7) is 0.952. The lowest BCUT2D eigenvalue weighted by Crippen LogP contribution is -2.41. The minimum atomic E-state index is -0.886. The van der Waals surface area contributed by atoms with Crippen LogP contribution >= 0.6 is 0 Å². The lowest BCUT2D eigenvalue weighted by molar-refractivity contribution is 0.0895. The second kappa shape index (κ2) is 8.31. The zero-order valence-corrected chi connectivity index (χ0v) is 15.8. The number of piperidine rings is 1. The number of carbonyl (C=O) groups is 1. The maximum absolute atomic E-state index is 15.1. The Morgan fingerprint density at radius 2 is 1.72 bits per heavy atom. The molecule has 1 saturated heterocycles. The Bertz CT molecular complexity index is 985. The average molecular weight is 392 g/mol. The van der Waals surface area contributed by atoms with E-state index in [-0.39, 0.29) is 11.9 Å². The number of likely N-dealkylation sites (tertiary alicyclic amines) is 1. The van der Waals surface area contributed by atoms with Gasteiger partial charge in [0.2, 0.25) is 0 Å². The molecule has 1 aliphatic rings. The van der Waals surface area contributed by atoms with Crippen LogP contribution in [0.1, 0.15) is 12.8 Å². The third-order valence-corrected chi connectivity index (χ3v) is 5.12. The van der Waals surface area contributed by atoms with Crippen molar-refractivity contribution in [2.75, 3.05) is 13.1 Å². The van der Waals surface area contributed by atoms with E-state index in [1.807, 2.05) is 36.4 Å². The summed E-state index contributed by atoms with van der Waals surface area (Å²) in [5.41, 5.74) is 2.33. The predicted molar refractivity (Wildman–Crippen MR) is 108 cm³/mol. The summed E-state index contributed by atoms with van der Waals surface area (Å²) in [5.74, 6) is 0.393. The molecule has 2 aromatic carbocycles. The van der Waals surface area contributed by atoms with Gasteiger partial charge in [-0.2, -0.15) is 0 Å². The standard InChI is InChI=1S/C23H21FN2O3/c24-22-19(4-3-5-20(22)21-6-1-2-13-25-21)16-7-9-17(10-8-16)29-18-11-14-26(15-12-18)23(27)28/h1-10,13,18H,11-12,14-15H2,(H,27,28). The highest BCUT2D eigenvalue weighted by molar-refractivity contribution is 5.73. The molecule has 29 heavy (non-hydrogen) atoms. The molecule has 1 N–H and O–H groups in total. The average Bonchev–Trinajstić information content (AvgIpc) is 2.76. The number of carboxylic acid groups (broad SMARTS) is 1. The minimum absolute atomic E-state index is 0.0133. The molecule has 1 aliphatic heterocycles. The third kappa shape index (κ3) is 4.21. The molecule has 5 nitrogen and oxygen atoms in total. The molecule has 0 atom stereocenters. The number of aromatic nitrogens is 1. The summed E-state index contributed by atoms with van der Waals surface area (Å²) in [5, 5.41) is 9.02. The number of benzene rings is 2. The molecule has 1 fully saturated rings. The highest BCUT2D eigenvalue weighted by atomic mass is 19.1.